The van der Waals surface area contributed by atoms with E-state index in [1.54, 1.807) is 11.0 Å². The summed E-state index contributed by atoms with van der Waals surface area (Å²) in [5.41, 5.74) is 1.38. The lowest BCUT2D eigenvalue weighted by Gasteiger charge is -2.39. The number of aliphatic hydroxyl groups is 1. The third-order valence-electron chi connectivity index (χ3n) is 8.57. The number of rotatable bonds is 8. The number of carbonyl (C=O) groups excluding carboxylic acids is 2. The Morgan fingerprint density at radius 2 is 1.82 bits per heavy atom. The highest BCUT2D eigenvalue weighted by molar-refractivity contribution is 8.02. The molecule has 3 aliphatic rings. The minimum Gasteiger partial charge on any atom is -0.481 e. The number of amides is 2. The van der Waals surface area contributed by atoms with Crippen LogP contribution in [0.2, 0.25) is 0 Å². The van der Waals surface area contributed by atoms with Gasteiger partial charge in [-0.25, -0.2) is 0 Å². The summed E-state index contributed by atoms with van der Waals surface area (Å²) in [5, 5.41) is 22.5. The van der Waals surface area contributed by atoms with E-state index in [9.17, 15) is 24.6 Å². The molecule has 0 aromatic heterocycles. The van der Waals surface area contributed by atoms with Crippen molar-refractivity contribution >= 4 is 46.0 Å². The zero-order valence-electron chi connectivity index (χ0n) is 21.3. The molecule has 3 heterocycles. The van der Waals surface area contributed by atoms with Crippen molar-refractivity contribution in [2.24, 2.45) is 11.8 Å². The van der Waals surface area contributed by atoms with E-state index in [1.807, 2.05) is 72.8 Å². The number of aliphatic carboxylic acids is 1. The van der Waals surface area contributed by atoms with E-state index in [1.165, 1.54) is 16.7 Å². The van der Waals surface area contributed by atoms with Crippen LogP contribution in [0, 0.1) is 11.8 Å². The van der Waals surface area contributed by atoms with Gasteiger partial charge in [-0.15, -0.1) is 18.3 Å². The lowest BCUT2D eigenvalue weighted by molar-refractivity contribution is -0.149. The Kier molecular flexibility index (Phi) is 6.47. The van der Waals surface area contributed by atoms with Crippen LogP contribution in [-0.4, -0.2) is 62.1 Å². The summed E-state index contributed by atoms with van der Waals surface area (Å²) < 4.78 is -0.875. The highest BCUT2D eigenvalue weighted by atomic mass is 32.2. The molecule has 3 fully saturated rings. The summed E-state index contributed by atoms with van der Waals surface area (Å²) in [6.07, 6.45) is 2.86. The van der Waals surface area contributed by atoms with Crippen LogP contribution >= 0.6 is 11.8 Å². The van der Waals surface area contributed by atoms with E-state index in [-0.39, 0.29) is 30.2 Å². The topological polar surface area (TPSA) is 98.2 Å². The number of carboxylic acids is 1. The fourth-order valence-electron chi connectivity index (χ4n) is 6.96. The number of hydrogen-bond donors (Lipinski definition) is 2. The molecule has 7 nitrogen and oxygen atoms in total. The number of carboxylic acid groups (broad SMARTS) is 1. The maximum atomic E-state index is 14.7. The maximum absolute atomic E-state index is 14.7. The van der Waals surface area contributed by atoms with Gasteiger partial charge in [-0.2, -0.15) is 0 Å². The Balaban J connectivity index is 1.49. The Hall–Kier alpha value is -3.62. The van der Waals surface area contributed by atoms with E-state index >= 15 is 0 Å². The molecule has 200 valence electrons. The molecule has 6 rings (SSSR count). The molecule has 2 N–H and O–H groups in total. The zero-order chi connectivity index (χ0) is 27.3. The molecule has 0 saturated carbocycles. The van der Waals surface area contributed by atoms with Crippen molar-refractivity contribution in [3.63, 3.8) is 0 Å². The predicted molar refractivity (Wildman–Crippen MR) is 151 cm³/mol. The molecule has 3 aromatic rings. The van der Waals surface area contributed by atoms with Gasteiger partial charge in [0.1, 0.15) is 6.04 Å². The number of hydrogen-bond acceptors (Lipinski definition) is 5. The van der Waals surface area contributed by atoms with Crippen LogP contribution in [0.25, 0.3) is 10.8 Å². The van der Waals surface area contributed by atoms with Crippen LogP contribution in [0.15, 0.2) is 85.5 Å². The van der Waals surface area contributed by atoms with Gasteiger partial charge in [0.15, 0.2) is 0 Å². The van der Waals surface area contributed by atoms with Crippen molar-refractivity contribution in [2.75, 3.05) is 18.1 Å². The molecule has 3 aliphatic heterocycles. The summed E-state index contributed by atoms with van der Waals surface area (Å²) in [7, 11) is 0. The van der Waals surface area contributed by atoms with E-state index in [0.29, 0.717) is 24.1 Å². The summed E-state index contributed by atoms with van der Waals surface area (Å²) in [4.78, 5) is 44.5. The van der Waals surface area contributed by atoms with Gasteiger partial charge in [0, 0.05) is 17.5 Å². The van der Waals surface area contributed by atoms with Crippen LogP contribution in [0.5, 0.6) is 0 Å². The molecule has 39 heavy (non-hydrogen) atoms. The molecular formula is C31H30N2O5S. The first-order chi connectivity index (χ1) is 18.9. The van der Waals surface area contributed by atoms with E-state index in [4.69, 9.17) is 0 Å². The molecule has 0 radical (unpaired) electrons. The number of fused-ring (bicyclic) bond motifs is 2. The SMILES string of the molecule is C=CCN(C(=O)C1N([C@H](CO)c2ccccc2)C(=O)[C@@H]2[C@H](C(=O)O)[C@@H]3CCC12S3)c1ccc2ccccc2c1. The van der Waals surface area contributed by atoms with E-state index < -0.39 is 34.6 Å². The fraction of sp³-hybridized carbons (Fsp3) is 0.323. The standard InChI is InChI=1S/C31H30N2O5S/c1-2-16-32(22-13-12-19-8-6-7-11-21(19)17-22)29(36)27-31-15-14-24(39-31)25(30(37)38)26(31)28(35)33(27)23(18-34)20-9-4-3-5-10-20/h2-13,17,23-27,34H,1,14-16,18H2,(H,37,38)/t23-,24+,25-,26+,27?,31?/m1/s1. The van der Waals surface area contributed by atoms with Gasteiger partial charge in [0.25, 0.3) is 5.91 Å². The van der Waals surface area contributed by atoms with Crippen molar-refractivity contribution in [1.82, 2.24) is 4.90 Å². The summed E-state index contributed by atoms with van der Waals surface area (Å²) in [6, 6.07) is 21.1. The Labute approximate surface area is 231 Å². The number of likely N-dealkylation sites (tertiary alicyclic amines) is 1. The van der Waals surface area contributed by atoms with Gasteiger partial charge in [0.05, 0.1) is 29.2 Å². The first-order valence-corrected chi connectivity index (χ1v) is 14.1. The van der Waals surface area contributed by atoms with Crippen molar-refractivity contribution in [3.05, 3.63) is 91.0 Å². The summed E-state index contributed by atoms with van der Waals surface area (Å²) in [5.74, 6) is -3.34. The van der Waals surface area contributed by atoms with Crippen LogP contribution in [0.3, 0.4) is 0 Å². The second kappa shape index (κ2) is 9.84. The van der Waals surface area contributed by atoms with Gasteiger partial charge in [-0.05, 0) is 41.3 Å². The molecule has 0 aliphatic carbocycles. The summed E-state index contributed by atoms with van der Waals surface area (Å²) >= 11 is 1.49. The number of anilines is 1. The van der Waals surface area contributed by atoms with Crippen molar-refractivity contribution in [3.8, 4) is 0 Å². The highest BCUT2D eigenvalue weighted by Gasteiger charge is 2.74. The normalized spacial score (nSPS) is 27.9. The monoisotopic (exact) mass is 542 g/mol. The minimum absolute atomic E-state index is 0.216. The third kappa shape index (κ3) is 3.88. The molecule has 3 saturated heterocycles. The second-order valence-electron chi connectivity index (χ2n) is 10.5. The molecule has 2 bridgehead atoms. The molecule has 2 unspecified atom stereocenters. The maximum Gasteiger partial charge on any atom is 0.308 e. The summed E-state index contributed by atoms with van der Waals surface area (Å²) in [6.45, 7) is 3.72. The van der Waals surface area contributed by atoms with Crippen LogP contribution in [0.1, 0.15) is 24.4 Å². The highest BCUT2D eigenvalue weighted by Crippen LogP contribution is 2.67. The quantitative estimate of drug-likeness (QED) is 0.413. The van der Waals surface area contributed by atoms with Crippen molar-refractivity contribution in [2.45, 2.75) is 34.9 Å². The van der Waals surface area contributed by atoms with Gasteiger partial charge >= 0.3 is 5.97 Å². The second-order valence-corrected chi connectivity index (χ2v) is 12.1. The smallest absolute Gasteiger partial charge is 0.308 e. The average molecular weight is 543 g/mol. The Morgan fingerprint density at radius 1 is 1.10 bits per heavy atom. The fourth-order valence-corrected chi connectivity index (χ4v) is 9.15. The lowest BCUT2D eigenvalue weighted by atomic mass is 9.71. The molecule has 1 spiro atoms. The number of benzene rings is 3. The number of carbonyl (C=O) groups is 3. The first kappa shape index (κ1) is 25.6. The minimum atomic E-state index is -1.00. The Bertz CT molecular complexity index is 1460. The predicted octanol–water partition coefficient (Wildman–Crippen LogP) is 4.27. The molecular weight excluding hydrogens is 512 g/mol. The Morgan fingerprint density at radius 3 is 2.51 bits per heavy atom. The van der Waals surface area contributed by atoms with E-state index in [2.05, 4.69) is 6.58 Å². The molecule has 8 heteroatoms. The van der Waals surface area contributed by atoms with Crippen molar-refractivity contribution < 1.29 is 24.6 Å². The third-order valence-corrected chi connectivity index (χ3v) is 10.5. The largest absolute Gasteiger partial charge is 0.481 e. The molecule has 6 atom stereocenters. The van der Waals surface area contributed by atoms with Gasteiger partial charge in [-0.3, -0.25) is 14.4 Å². The van der Waals surface area contributed by atoms with Gasteiger partial charge < -0.3 is 20.0 Å². The van der Waals surface area contributed by atoms with E-state index in [0.717, 1.165) is 10.8 Å². The number of aliphatic hydroxyl groups excluding tert-OH is 1. The van der Waals surface area contributed by atoms with Crippen molar-refractivity contribution in [1.29, 1.82) is 0 Å². The molecule has 2 amide bonds. The van der Waals surface area contributed by atoms with Gasteiger partial charge in [-0.1, -0.05) is 66.7 Å². The van der Waals surface area contributed by atoms with Gasteiger partial charge in [0.2, 0.25) is 5.91 Å². The van der Waals surface area contributed by atoms with Crippen LogP contribution in [0.4, 0.5) is 5.69 Å². The zero-order valence-corrected chi connectivity index (χ0v) is 22.2. The lowest BCUT2D eigenvalue weighted by Crippen LogP contribution is -2.56. The number of thioether (sulfide) groups is 1. The first-order valence-electron chi connectivity index (χ1n) is 13.2. The van der Waals surface area contributed by atoms with Crippen LogP contribution < -0.4 is 4.90 Å². The molecule has 3 aromatic carbocycles. The van der Waals surface area contributed by atoms with Crippen LogP contribution in [-0.2, 0) is 14.4 Å². The number of nitrogens with zero attached hydrogens (tertiary/aromatic N) is 2. The average Bonchev–Trinajstić information content (AvgIpc) is 3.60.